The number of hydrogen-bond acceptors (Lipinski definition) is 4. The normalized spacial score (nSPS) is 14.6. The Labute approximate surface area is 182 Å². The quantitative estimate of drug-likeness (QED) is 0.0642. The van der Waals surface area contributed by atoms with Gasteiger partial charge in [-0.05, 0) is 32.1 Å². The third kappa shape index (κ3) is 11.5. The van der Waals surface area contributed by atoms with Crippen LogP contribution in [0.5, 0.6) is 0 Å². The first-order chi connectivity index (χ1) is 14.1. The van der Waals surface area contributed by atoms with Crippen molar-refractivity contribution in [3.8, 4) is 0 Å². The Kier molecular flexibility index (Phi) is 18.0. The third-order valence-electron chi connectivity index (χ3n) is 6.41. The van der Waals surface area contributed by atoms with E-state index in [2.05, 4.69) is 42.3 Å². The molecule has 1 atom stereocenters. The smallest absolute Gasteiger partial charge is 0.204 e. The predicted octanol–water partition coefficient (Wildman–Crippen LogP) is 5.70. The summed E-state index contributed by atoms with van der Waals surface area (Å²) in [5.41, 5.74) is 16.3. The molecule has 29 heavy (non-hydrogen) atoms. The van der Waals surface area contributed by atoms with Crippen LogP contribution in [-0.4, -0.2) is 31.6 Å². The van der Waals surface area contributed by atoms with Gasteiger partial charge in [-0.2, -0.15) is 0 Å². The number of nitrogens with zero attached hydrogens (tertiary/aromatic N) is 1. The monoisotopic (exact) mass is 412 g/mol. The summed E-state index contributed by atoms with van der Waals surface area (Å²) in [6, 6.07) is 0. The Morgan fingerprint density at radius 1 is 0.655 bits per heavy atom. The maximum Gasteiger partial charge on any atom is 0.204 e. The number of quaternary nitrogens is 1. The second kappa shape index (κ2) is 18.3. The van der Waals surface area contributed by atoms with Gasteiger partial charge in [-0.25, -0.2) is 0 Å². The van der Waals surface area contributed by atoms with E-state index in [1.807, 2.05) is 21.1 Å². The van der Waals surface area contributed by atoms with Crippen LogP contribution in [0.25, 0.3) is 0 Å². The van der Waals surface area contributed by atoms with Gasteiger partial charge in [-0.15, -0.1) is 16.3 Å². The highest BCUT2D eigenvalue weighted by Crippen LogP contribution is 2.23. The minimum absolute atomic E-state index is 0.328. The largest absolute Gasteiger partial charge is 0.274 e. The van der Waals surface area contributed by atoms with Gasteiger partial charge in [0.1, 0.15) is 0 Å². The summed E-state index contributed by atoms with van der Waals surface area (Å²) in [4.78, 5) is 0.328. The van der Waals surface area contributed by atoms with Gasteiger partial charge in [-0.1, -0.05) is 88.6 Å². The van der Waals surface area contributed by atoms with Crippen molar-refractivity contribution in [3.05, 3.63) is 12.2 Å². The van der Waals surface area contributed by atoms with E-state index >= 15 is 0 Å². The highest BCUT2D eigenvalue weighted by molar-refractivity contribution is 4.81. The molecule has 0 saturated carbocycles. The summed E-state index contributed by atoms with van der Waals surface area (Å²) >= 11 is 0. The molecule has 0 bridgehead atoms. The predicted molar refractivity (Wildman–Crippen MR) is 129 cm³/mol. The molecule has 1 unspecified atom stereocenters. The molecule has 0 heterocycles. The fraction of sp³-hybridized carbons (Fsp3) is 0.917. The van der Waals surface area contributed by atoms with Crippen LogP contribution in [0.3, 0.4) is 0 Å². The summed E-state index contributed by atoms with van der Waals surface area (Å²) < 4.78 is 0. The van der Waals surface area contributed by atoms with E-state index in [9.17, 15) is 0 Å². The first kappa shape index (κ1) is 28.5. The molecule has 0 aliphatic rings. The fourth-order valence-electron chi connectivity index (χ4n) is 4.26. The van der Waals surface area contributed by atoms with Crippen LogP contribution in [0.2, 0.25) is 0 Å². The van der Waals surface area contributed by atoms with Crippen molar-refractivity contribution in [2.24, 2.45) is 5.73 Å². The number of rotatable bonds is 21. The summed E-state index contributed by atoms with van der Waals surface area (Å²) in [6.07, 6.45) is 25.4. The van der Waals surface area contributed by atoms with Crippen LogP contribution >= 0.6 is 0 Å². The van der Waals surface area contributed by atoms with Crippen molar-refractivity contribution in [1.29, 1.82) is 0 Å². The molecule has 0 amide bonds. The standard InChI is InChI=1S/C24H54N5/c1-6-8-9-10-11-12-13-14-15-16-17-18-19-20-21-22-23-24(25,7-2)29(26-3,27-4)28-5/h14-15,26-28H,6-13,16-23,25H2,1-5H3/q+1. The molecule has 0 aromatic heterocycles. The molecule has 0 aliphatic carbocycles. The van der Waals surface area contributed by atoms with E-state index < -0.39 is 0 Å². The number of allylic oxidation sites excluding steroid dienone is 2. The SMILES string of the molecule is CCCCCCCCC=CCCCCCCCCC(N)(CC)[N+](NC)(NC)NC. The third-order valence-corrected chi connectivity index (χ3v) is 6.41. The minimum Gasteiger partial charge on any atom is -0.274 e. The molecule has 174 valence electrons. The lowest BCUT2D eigenvalue weighted by atomic mass is 9.98. The Hall–Kier alpha value is -0.460. The zero-order chi connectivity index (χ0) is 21.8. The highest BCUT2D eigenvalue weighted by atomic mass is 16.0. The second-order valence-electron chi connectivity index (χ2n) is 8.49. The van der Waals surface area contributed by atoms with Gasteiger partial charge in [0.2, 0.25) is 5.66 Å². The molecule has 0 aromatic rings. The molecule has 0 radical (unpaired) electrons. The molecule has 0 spiro atoms. The van der Waals surface area contributed by atoms with Crippen LogP contribution in [-0.2, 0) is 0 Å². The van der Waals surface area contributed by atoms with E-state index in [0.29, 0.717) is 4.81 Å². The van der Waals surface area contributed by atoms with Gasteiger partial charge in [0.05, 0.1) is 0 Å². The zero-order valence-electron chi connectivity index (χ0n) is 20.5. The topological polar surface area (TPSA) is 62.1 Å². The van der Waals surface area contributed by atoms with E-state index in [1.165, 1.54) is 89.9 Å². The lowest BCUT2D eigenvalue weighted by molar-refractivity contribution is -1.08. The van der Waals surface area contributed by atoms with Crippen molar-refractivity contribution in [2.75, 3.05) is 21.1 Å². The molecule has 0 fully saturated rings. The maximum atomic E-state index is 6.75. The van der Waals surface area contributed by atoms with E-state index in [-0.39, 0.29) is 5.66 Å². The van der Waals surface area contributed by atoms with Crippen molar-refractivity contribution in [2.45, 2.75) is 122 Å². The van der Waals surface area contributed by atoms with Gasteiger partial charge >= 0.3 is 0 Å². The number of nitrogens with two attached hydrogens (primary N) is 1. The number of unbranched alkanes of at least 4 members (excludes halogenated alkanes) is 12. The Balaban J connectivity index is 3.71. The summed E-state index contributed by atoms with van der Waals surface area (Å²) in [6.45, 7) is 4.45. The molecule has 5 nitrogen and oxygen atoms in total. The van der Waals surface area contributed by atoms with Crippen molar-refractivity contribution in [1.82, 2.24) is 16.3 Å². The Morgan fingerprint density at radius 3 is 1.48 bits per heavy atom. The van der Waals surface area contributed by atoms with Gasteiger partial charge in [0.15, 0.2) is 0 Å². The van der Waals surface area contributed by atoms with Crippen molar-refractivity contribution < 1.29 is 4.81 Å². The number of hydrogen-bond donors (Lipinski definition) is 4. The maximum absolute atomic E-state index is 6.75. The minimum atomic E-state index is -0.362. The lowest BCUT2D eigenvalue weighted by Gasteiger charge is -2.46. The average molecular weight is 413 g/mol. The molecular weight excluding hydrogens is 358 g/mol. The first-order valence-corrected chi connectivity index (χ1v) is 12.5. The molecule has 0 aromatic carbocycles. The average Bonchev–Trinajstić information content (AvgIpc) is 2.75. The highest BCUT2D eigenvalue weighted by Gasteiger charge is 2.46. The van der Waals surface area contributed by atoms with Gasteiger partial charge < -0.3 is 0 Å². The molecule has 5 heteroatoms. The zero-order valence-corrected chi connectivity index (χ0v) is 20.5. The summed E-state index contributed by atoms with van der Waals surface area (Å²) in [7, 11) is 5.81. The van der Waals surface area contributed by atoms with Gasteiger partial charge in [0, 0.05) is 34.0 Å². The van der Waals surface area contributed by atoms with Crippen LogP contribution in [0.1, 0.15) is 117 Å². The van der Waals surface area contributed by atoms with Crippen molar-refractivity contribution in [3.63, 3.8) is 0 Å². The molecule has 0 aliphatic heterocycles. The fourth-order valence-corrected chi connectivity index (χ4v) is 4.26. The van der Waals surface area contributed by atoms with E-state index in [4.69, 9.17) is 5.73 Å². The summed E-state index contributed by atoms with van der Waals surface area (Å²) in [5, 5.41) is 0. The van der Waals surface area contributed by atoms with Crippen LogP contribution in [0, 0.1) is 0 Å². The van der Waals surface area contributed by atoms with E-state index in [0.717, 1.165) is 12.8 Å². The van der Waals surface area contributed by atoms with Crippen LogP contribution in [0.4, 0.5) is 0 Å². The second-order valence-corrected chi connectivity index (χ2v) is 8.49. The summed E-state index contributed by atoms with van der Waals surface area (Å²) in [5.74, 6) is 0. The van der Waals surface area contributed by atoms with Gasteiger partial charge in [-0.3, -0.25) is 5.73 Å². The number of nitrogens with one attached hydrogen (secondary N) is 3. The molecule has 5 N–H and O–H groups in total. The van der Waals surface area contributed by atoms with Crippen LogP contribution < -0.4 is 22.0 Å². The van der Waals surface area contributed by atoms with E-state index in [1.54, 1.807) is 0 Å². The van der Waals surface area contributed by atoms with Gasteiger partial charge in [0.25, 0.3) is 0 Å². The first-order valence-electron chi connectivity index (χ1n) is 12.5. The molecule has 0 saturated heterocycles. The van der Waals surface area contributed by atoms with Crippen molar-refractivity contribution >= 4 is 0 Å². The Bertz CT molecular complexity index is 373. The Morgan fingerprint density at radius 2 is 1.07 bits per heavy atom. The molecule has 0 rings (SSSR count). The van der Waals surface area contributed by atoms with Crippen LogP contribution in [0.15, 0.2) is 12.2 Å². The lowest BCUT2D eigenvalue weighted by Crippen LogP contribution is -2.83. The molecular formula is C24H54N5+.